The topological polar surface area (TPSA) is 28.2 Å². The molecule has 1 rings (SSSR count). The average molecular weight is 263 g/mol. The molecule has 3 heteroatoms. The van der Waals surface area contributed by atoms with Crippen molar-refractivity contribution in [3.63, 3.8) is 0 Å². The van der Waals surface area contributed by atoms with E-state index in [1.54, 1.807) is 0 Å². The lowest BCUT2D eigenvalue weighted by molar-refractivity contribution is 0.589. The minimum absolute atomic E-state index is 0.554. The van der Waals surface area contributed by atoms with Gasteiger partial charge in [0.2, 0.25) is 0 Å². The summed E-state index contributed by atoms with van der Waals surface area (Å²) in [7, 11) is 0. The smallest absolute Gasteiger partial charge is 0.128 e. The predicted octanol–water partition coefficient (Wildman–Crippen LogP) is 3.60. The van der Waals surface area contributed by atoms with E-state index in [1.165, 1.54) is 18.4 Å². The molecule has 0 bridgehead atoms. The number of anilines is 1. The second-order valence-electron chi connectivity index (χ2n) is 5.11. The first kappa shape index (κ1) is 16.0. The monoisotopic (exact) mass is 263 g/mol. The van der Waals surface area contributed by atoms with Gasteiger partial charge >= 0.3 is 0 Å². The molecule has 0 aliphatic carbocycles. The highest BCUT2D eigenvalue weighted by Gasteiger charge is 2.13. The Labute approximate surface area is 118 Å². The van der Waals surface area contributed by atoms with Crippen LogP contribution in [0.1, 0.15) is 52.5 Å². The van der Waals surface area contributed by atoms with Crippen molar-refractivity contribution >= 4 is 5.82 Å². The minimum Gasteiger partial charge on any atom is -0.354 e. The van der Waals surface area contributed by atoms with Crippen LogP contribution >= 0.6 is 0 Å². The van der Waals surface area contributed by atoms with E-state index in [2.05, 4.69) is 55.0 Å². The molecule has 1 aromatic rings. The van der Waals surface area contributed by atoms with E-state index in [9.17, 15) is 0 Å². The standard InChI is InChI=1S/C16H29N3/c1-5-8-11-19(14(4)6-2)16-10-9-15(13-18-16)12-17-7-3/h9-10,13-14,17H,5-8,11-12H2,1-4H3. The number of pyridine rings is 1. The summed E-state index contributed by atoms with van der Waals surface area (Å²) in [5, 5.41) is 3.33. The van der Waals surface area contributed by atoms with E-state index in [0.29, 0.717) is 6.04 Å². The highest BCUT2D eigenvalue weighted by Crippen LogP contribution is 2.17. The Morgan fingerprint density at radius 1 is 1.26 bits per heavy atom. The van der Waals surface area contributed by atoms with Gasteiger partial charge < -0.3 is 10.2 Å². The third kappa shape index (κ3) is 5.19. The summed E-state index contributed by atoms with van der Waals surface area (Å²) < 4.78 is 0. The first-order valence-corrected chi connectivity index (χ1v) is 7.65. The molecule has 3 nitrogen and oxygen atoms in total. The molecule has 0 fully saturated rings. The van der Waals surface area contributed by atoms with Crippen molar-refractivity contribution in [2.24, 2.45) is 0 Å². The molecule has 0 aromatic carbocycles. The molecule has 1 unspecified atom stereocenters. The zero-order valence-corrected chi connectivity index (χ0v) is 12.9. The van der Waals surface area contributed by atoms with Crippen LogP contribution in [0, 0.1) is 0 Å². The van der Waals surface area contributed by atoms with Crippen molar-refractivity contribution in [2.45, 2.75) is 59.5 Å². The molecule has 0 aliphatic heterocycles. The molecule has 19 heavy (non-hydrogen) atoms. The second-order valence-corrected chi connectivity index (χ2v) is 5.11. The lowest BCUT2D eigenvalue weighted by atomic mass is 10.2. The van der Waals surface area contributed by atoms with Gasteiger partial charge in [-0.15, -0.1) is 0 Å². The van der Waals surface area contributed by atoms with Crippen LogP contribution in [-0.2, 0) is 6.54 Å². The normalized spacial score (nSPS) is 12.4. The van der Waals surface area contributed by atoms with E-state index >= 15 is 0 Å². The first-order valence-electron chi connectivity index (χ1n) is 7.65. The quantitative estimate of drug-likeness (QED) is 0.738. The van der Waals surface area contributed by atoms with Crippen LogP contribution in [0.25, 0.3) is 0 Å². The molecule has 1 aromatic heterocycles. The van der Waals surface area contributed by atoms with Gasteiger partial charge in [0.25, 0.3) is 0 Å². The van der Waals surface area contributed by atoms with Crippen molar-refractivity contribution in [3.8, 4) is 0 Å². The molecule has 1 atom stereocenters. The van der Waals surface area contributed by atoms with E-state index < -0.39 is 0 Å². The summed E-state index contributed by atoms with van der Waals surface area (Å²) in [6.07, 6.45) is 5.61. The molecule has 108 valence electrons. The molecule has 0 saturated heterocycles. The highest BCUT2D eigenvalue weighted by molar-refractivity contribution is 5.40. The molecule has 0 amide bonds. The molecule has 0 aliphatic rings. The molecular weight excluding hydrogens is 234 g/mol. The van der Waals surface area contributed by atoms with Crippen LogP contribution in [0.3, 0.4) is 0 Å². The van der Waals surface area contributed by atoms with E-state index in [-0.39, 0.29) is 0 Å². The lowest BCUT2D eigenvalue weighted by Gasteiger charge is -2.29. The maximum Gasteiger partial charge on any atom is 0.128 e. The van der Waals surface area contributed by atoms with Gasteiger partial charge in [-0.2, -0.15) is 0 Å². The maximum absolute atomic E-state index is 4.64. The van der Waals surface area contributed by atoms with Gasteiger partial charge in [-0.3, -0.25) is 0 Å². The van der Waals surface area contributed by atoms with Gasteiger partial charge in [0.15, 0.2) is 0 Å². The lowest BCUT2D eigenvalue weighted by Crippen LogP contribution is -2.34. The van der Waals surface area contributed by atoms with Crippen molar-refractivity contribution < 1.29 is 0 Å². The van der Waals surface area contributed by atoms with Crippen LogP contribution in [0.15, 0.2) is 18.3 Å². The van der Waals surface area contributed by atoms with Crippen LogP contribution < -0.4 is 10.2 Å². The van der Waals surface area contributed by atoms with Crippen LogP contribution in [-0.4, -0.2) is 24.1 Å². The Kier molecular flexibility index (Phi) is 7.49. The molecule has 0 spiro atoms. The third-order valence-corrected chi connectivity index (χ3v) is 3.56. The number of rotatable bonds is 9. The van der Waals surface area contributed by atoms with Crippen LogP contribution in [0.4, 0.5) is 5.82 Å². The summed E-state index contributed by atoms with van der Waals surface area (Å²) in [4.78, 5) is 7.07. The molecule has 0 saturated carbocycles. The fourth-order valence-electron chi connectivity index (χ4n) is 2.07. The fraction of sp³-hybridized carbons (Fsp3) is 0.688. The van der Waals surface area contributed by atoms with Gasteiger partial charge in [0, 0.05) is 25.3 Å². The SMILES string of the molecule is CCCCN(c1ccc(CNCC)cn1)C(C)CC. The molecular formula is C16H29N3. The zero-order valence-electron chi connectivity index (χ0n) is 12.9. The Bertz CT molecular complexity index is 334. The summed E-state index contributed by atoms with van der Waals surface area (Å²) >= 11 is 0. The molecule has 1 heterocycles. The van der Waals surface area contributed by atoms with Gasteiger partial charge in [-0.25, -0.2) is 4.98 Å². The van der Waals surface area contributed by atoms with Crippen molar-refractivity contribution in [2.75, 3.05) is 18.0 Å². The Balaban J connectivity index is 2.72. The van der Waals surface area contributed by atoms with Gasteiger partial charge in [-0.05, 0) is 37.9 Å². The molecule has 0 radical (unpaired) electrons. The largest absolute Gasteiger partial charge is 0.354 e. The van der Waals surface area contributed by atoms with Gasteiger partial charge in [0.05, 0.1) is 0 Å². The maximum atomic E-state index is 4.64. The zero-order chi connectivity index (χ0) is 14.1. The van der Waals surface area contributed by atoms with E-state index in [1.807, 2.05) is 6.20 Å². The Hall–Kier alpha value is -1.09. The molecule has 1 N–H and O–H groups in total. The number of nitrogens with zero attached hydrogens (tertiary/aromatic N) is 2. The third-order valence-electron chi connectivity index (χ3n) is 3.56. The van der Waals surface area contributed by atoms with Gasteiger partial charge in [0.1, 0.15) is 5.82 Å². The van der Waals surface area contributed by atoms with Crippen LogP contribution in [0.2, 0.25) is 0 Å². The number of hydrogen-bond donors (Lipinski definition) is 1. The number of hydrogen-bond acceptors (Lipinski definition) is 3. The summed E-state index contributed by atoms with van der Waals surface area (Å²) in [5.74, 6) is 1.11. The first-order chi connectivity index (χ1) is 9.22. The summed E-state index contributed by atoms with van der Waals surface area (Å²) in [6, 6.07) is 4.90. The van der Waals surface area contributed by atoms with Crippen molar-refractivity contribution in [3.05, 3.63) is 23.9 Å². The van der Waals surface area contributed by atoms with E-state index in [4.69, 9.17) is 0 Å². The Morgan fingerprint density at radius 2 is 2.05 bits per heavy atom. The number of nitrogens with one attached hydrogen (secondary N) is 1. The van der Waals surface area contributed by atoms with Crippen molar-refractivity contribution in [1.29, 1.82) is 0 Å². The predicted molar refractivity (Wildman–Crippen MR) is 83.6 cm³/mol. The fourth-order valence-corrected chi connectivity index (χ4v) is 2.07. The van der Waals surface area contributed by atoms with Crippen molar-refractivity contribution in [1.82, 2.24) is 10.3 Å². The Morgan fingerprint density at radius 3 is 2.58 bits per heavy atom. The number of aromatic nitrogens is 1. The van der Waals surface area contributed by atoms with Crippen LogP contribution in [0.5, 0.6) is 0 Å². The summed E-state index contributed by atoms with van der Waals surface area (Å²) in [6.45, 7) is 11.9. The number of unbranched alkanes of at least 4 members (excludes halogenated alkanes) is 1. The minimum atomic E-state index is 0.554. The second kappa shape index (κ2) is 8.92. The summed E-state index contributed by atoms with van der Waals surface area (Å²) in [5.41, 5.74) is 1.25. The average Bonchev–Trinajstić information content (AvgIpc) is 2.46. The van der Waals surface area contributed by atoms with E-state index in [0.717, 1.165) is 31.9 Å². The van der Waals surface area contributed by atoms with Gasteiger partial charge in [-0.1, -0.05) is 33.3 Å². The highest BCUT2D eigenvalue weighted by atomic mass is 15.2.